The highest BCUT2D eigenvalue weighted by atomic mass is 28.3. The molecule has 1 aliphatic heterocycles. The zero-order valence-electron chi connectivity index (χ0n) is 24.7. The SMILES string of the molecule is CCC(CN1CCN(C(=O)OC(C)(C)C)CC1)n1cc(-c2ncnc3c2ccn3COCC[Si](C)(C)C)cn1. The van der Waals surface area contributed by atoms with E-state index in [1.807, 2.05) is 37.7 Å². The summed E-state index contributed by atoms with van der Waals surface area (Å²) in [5.41, 5.74) is 2.26. The third-order valence-corrected chi connectivity index (χ3v) is 8.70. The van der Waals surface area contributed by atoms with Crippen LogP contribution in [0.25, 0.3) is 22.3 Å². The number of fused-ring (bicyclic) bond motifs is 1. The van der Waals surface area contributed by atoms with Crippen LogP contribution in [-0.2, 0) is 16.2 Å². The van der Waals surface area contributed by atoms with Crippen molar-refractivity contribution in [2.24, 2.45) is 0 Å². The average molecular weight is 556 g/mol. The van der Waals surface area contributed by atoms with Gasteiger partial charge in [0, 0.05) is 70.7 Å². The van der Waals surface area contributed by atoms with Gasteiger partial charge in [0.1, 0.15) is 24.3 Å². The third-order valence-electron chi connectivity index (χ3n) is 7.00. The minimum Gasteiger partial charge on any atom is -0.444 e. The summed E-state index contributed by atoms with van der Waals surface area (Å²) in [5.74, 6) is 0. The van der Waals surface area contributed by atoms with Gasteiger partial charge in [-0.2, -0.15) is 5.10 Å². The molecule has 0 spiro atoms. The number of hydrogen-bond acceptors (Lipinski definition) is 7. The first-order chi connectivity index (χ1) is 18.4. The lowest BCUT2D eigenvalue weighted by molar-refractivity contribution is 0.0133. The number of carbonyl (C=O) groups excluding carboxylic acids is 1. The highest BCUT2D eigenvalue weighted by molar-refractivity contribution is 6.76. The largest absolute Gasteiger partial charge is 0.444 e. The second-order valence-corrected chi connectivity index (χ2v) is 18.3. The number of carbonyl (C=O) groups is 1. The topological polar surface area (TPSA) is 90.5 Å². The minimum absolute atomic E-state index is 0.228. The van der Waals surface area contributed by atoms with Crippen LogP contribution in [0.15, 0.2) is 31.0 Å². The van der Waals surface area contributed by atoms with E-state index in [9.17, 15) is 4.79 Å². The van der Waals surface area contributed by atoms with E-state index < -0.39 is 13.7 Å². The molecule has 3 aromatic rings. The molecule has 1 aliphatic rings. The van der Waals surface area contributed by atoms with Crippen LogP contribution in [0.2, 0.25) is 25.7 Å². The van der Waals surface area contributed by atoms with Gasteiger partial charge in [-0.3, -0.25) is 9.58 Å². The van der Waals surface area contributed by atoms with Crippen LogP contribution in [0, 0.1) is 0 Å². The zero-order chi connectivity index (χ0) is 28.2. The van der Waals surface area contributed by atoms with E-state index in [0.717, 1.165) is 61.0 Å². The monoisotopic (exact) mass is 555 g/mol. The molecule has 0 radical (unpaired) electrons. The summed E-state index contributed by atoms with van der Waals surface area (Å²) in [6.45, 7) is 20.1. The Morgan fingerprint density at radius 1 is 1.13 bits per heavy atom. The molecule has 0 N–H and O–H groups in total. The molecule has 0 aromatic carbocycles. The van der Waals surface area contributed by atoms with Crippen LogP contribution in [0.1, 0.15) is 40.2 Å². The molecule has 39 heavy (non-hydrogen) atoms. The van der Waals surface area contributed by atoms with Gasteiger partial charge in [-0.1, -0.05) is 26.6 Å². The van der Waals surface area contributed by atoms with Crippen molar-refractivity contribution in [1.29, 1.82) is 0 Å². The van der Waals surface area contributed by atoms with Gasteiger partial charge in [0.2, 0.25) is 0 Å². The van der Waals surface area contributed by atoms with Crippen LogP contribution in [0.4, 0.5) is 4.79 Å². The maximum atomic E-state index is 12.4. The number of nitrogens with zero attached hydrogens (tertiary/aromatic N) is 7. The maximum Gasteiger partial charge on any atom is 0.410 e. The maximum absolute atomic E-state index is 12.4. The van der Waals surface area contributed by atoms with Gasteiger partial charge in [0.15, 0.2) is 0 Å². The number of aromatic nitrogens is 5. The molecule has 0 aliphatic carbocycles. The highest BCUT2D eigenvalue weighted by Gasteiger charge is 2.27. The van der Waals surface area contributed by atoms with E-state index in [2.05, 4.69) is 58.4 Å². The average Bonchev–Trinajstić information content (AvgIpc) is 3.51. The summed E-state index contributed by atoms with van der Waals surface area (Å²) in [5, 5.41) is 5.72. The predicted molar refractivity (Wildman–Crippen MR) is 156 cm³/mol. The van der Waals surface area contributed by atoms with Gasteiger partial charge in [-0.15, -0.1) is 0 Å². The summed E-state index contributed by atoms with van der Waals surface area (Å²) in [7, 11) is -1.12. The van der Waals surface area contributed by atoms with E-state index in [1.165, 1.54) is 0 Å². The Balaban J connectivity index is 1.38. The molecule has 4 heterocycles. The number of hydrogen-bond donors (Lipinski definition) is 0. The van der Waals surface area contributed by atoms with Crippen LogP contribution in [0.3, 0.4) is 0 Å². The van der Waals surface area contributed by atoms with Gasteiger partial charge >= 0.3 is 6.09 Å². The molecule has 11 heteroatoms. The first-order valence-corrected chi connectivity index (χ1v) is 17.8. The van der Waals surface area contributed by atoms with E-state index in [0.29, 0.717) is 19.8 Å². The summed E-state index contributed by atoms with van der Waals surface area (Å²) >= 11 is 0. The molecular formula is C28H45N7O3Si. The smallest absolute Gasteiger partial charge is 0.410 e. The van der Waals surface area contributed by atoms with Gasteiger partial charge in [-0.05, 0) is 39.3 Å². The van der Waals surface area contributed by atoms with E-state index in [4.69, 9.17) is 14.6 Å². The quantitative estimate of drug-likeness (QED) is 0.254. The van der Waals surface area contributed by atoms with Crippen molar-refractivity contribution in [2.75, 3.05) is 39.3 Å². The fraction of sp³-hybridized carbons (Fsp3) is 0.643. The van der Waals surface area contributed by atoms with Crippen molar-refractivity contribution in [3.05, 3.63) is 31.0 Å². The van der Waals surface area contributed by atoms with Gasteiger partial charge in [0.25, 0.3) is 0 Å². The lowest BCUT2D eigenvalue weighted by atomic mass is 10.1. The van der Waals surface area contributed by atoms with E-state index >= 15 is 0 Å². The Hall–Kier alpha value is -2.76. The standard InChI is InChI=1S/C28H45N7O3Si/c1-8-23(19-32-11-13-33(14-12-32)27(36)38-28(2,3)4)35-18-22(17-31-35)25-24-9-10-34(26(24)30-20-29-25)21-37-15-16-39(5,6)7/h9-10,17-18,20,23H,8,11-16,19,21H2,1-7H3. The fourth-order valence-electron chi connectivity index (χ4n) is 4.68. The molecule has 0 saturated carbocycles. The molecule has 214 valence electrons. The normalized spacial score (nSPS) is 16.1. The molecule has 3 aromatic heterocycles. The molecule has 1 atom stereocenters. The minimum atomic E-state index is -1.12. The van der Waals surface area contributed by atoms with Gasteiger partial charge in [0.05, 0.1) is 17.9 Å². The molecule has 1 unspecified atom stereocenters. The van der Waals surface area contributed by atoms with Crippen molar-refractivity contribution in [2.45, 2.75) is 78.2 Å². The van der Waals surface area contributed by atoms with E-state index in [1.54, 1.807) is 11.2 Å². The summed E-state index contributed by atoms with van der Waals surface area (Å²) < 4.78 is 15.6. The number of amides is 1. The fourth-order valence-corrected chi connectivity index (χ4v) is 5.43. The van der Waals surface area contributed by atoms with Crippen molar-refractivity contribution in [1.82, 2.24) is 34.1 Å². The molecule has 10 nitrogen and oxygen atoms in total. The van der Waals surface area contributed by atoms with Crippen LogP contribution >= 0.6 is 0 Å². The summed E-state index contributed by atoms with van der Waals surface area (Å²) in [6.07, 6.45) is 8.36. The molecule has 1 fully saturated rings. The summed E-state index contributed by atoms with van der Waals surface area (Å²) in [6, 6.07) is 3.43. The predicted octanol–water partition coefficient (Wildman–Crippen LogP) is 5.11. The molecular weight excluding hydrogens is 510 g/mol. The molecule has 1 amide bonds. The van der Waals surface area contributed by atoms with Crippen LogP contribution in [0.5, 0.6) is 0 Å². The van der Waals surface area contributed by atoms with Crippen molar-refractivity contribution in [3.8, 4) is 11.3 Å². The highest BCUT2D eigenvalue weighted by Crippen LogP contribution is 2.27. The second kappa shape index (κ2) is 12.2. The van der Waals surface area contributed by atoms with E-state index in [-0.39, 0.29) is 12.1 Å². The number of ether oxygens (including phenoxy) is 2. The summed E-state index contributed by atoms with van der Waals surface area (Å²) in [4.78, 5) is 25.8. The van der Waals surface area contributed by atoms with Crippen molar-refractivity contribution >= 4 is 25.2 Å². The van der Waals surface area contributed by atoms with Crippen molar-refractivity contribution < 1.29 is 14.3 Å². The van der Waals surface area contributed by atoms with Crippen LogP contribution < -0.4 is 0 Å². The Kier molecular flexibility index (Phi) is 9.13. The Morgan fingerprint density at radius 3 is 2.54 bits per heavy atom. The Morgan fingerprint density at radius 2 is 1.87 bits per heavy atom. The Labute approximate surface area is 233 Å². The zero-order valence-corrected chi connectivity index (χ0v) is 25.7. The second-order valence-electron chi connectivity index (χ2n) is 12.6. The molecule has 0 bridgehead atoms. The lowest BCUT2D eigenvalue weighted by Crippen LogP contribution is -2.51. The lowest BCUT2D eigenvalue weighted by Gasteiger charge is -2.36. The Bertz CT molecular complexity index is 1240. The van der Waals surface area contributed by atoms with Gasteiger partial charge in [-0.25, -0.2) is 14.8 Å². The number of rotatable bonds is 10. The van der Waals surface area contributed by atoms with Crippen molar-refractivity contribution in [3.63, 3.8) is 0 Å². The van der Waals surface area contributed by atoms with Gasteiger partial charge < -0.3 is 18.9 Å². The number of piperazine rings is 1. The first kappa shape index (κ1) is 29.2. The first-order valence-electron chi connectivity index (χ1n) is 14.1. The van der Waals surface area contributed by atoms with Crippen LogP contribution in [-0.4, -0.2) is 93.2 Å². The third kappa shape index (κ3) is 7.89. The molecule has 1 saturated heterocycles. The molecule has 4 rings (SSSR count).